The number of benzene rings is 1. The van der Waals surface area contributed by atoms with Crippen molar-refractivity contribution >= 4 is 23.5 Å². The fraction of sp³-hybridized carbons (Fsp3) is 0.654. The number of allylic oxidation sites excluding steroid dienone is 1. The number of carbonyl (C=O) groups is 1. The van der Waals surface area contributed by atoms with Gasteiger partial charge in [0, 0.05) is 10.4 Å². The van der Waals surface area contributed by atoms with Crippen LogP contribution in [-0.4, -0.2) is 17.0 Å². The van der Waals surface area contributed by atoms with Crippen molar-refractivity contribution in [2.75, 3.05) is 0 Å². The van der Waals surface area contributed by atoms with Crippen LogP contribution in [0.2, 0.25) is 5.02 Å². The van der Waals surface area contributed by atoms with E-state index in [9.17, 15) is 9.90 Å². The van der Waals surface area contributed by atoms with Gasteiger partial charge in [-0.05, 0) is 104 Å². The largest absolute Gasteiger partial charge is 0.393 e. The Kier molecular flexibility index (Phi) is 4.75. The van der Waals surface area contributed by atoms with Crippen LogP contribution in [0, 0.1) is 34.5 Å². The van der Waals surface area contributed by atoms with Crippen LogP contribution in [0.3, 0.4) is 0 Å². The molecule has 1 N–H and O–H groups in total. The normalized spacial score (nSPS) is 45.6. The first-order valence-corrected chi connectivity index (χ1v) is 11.9. The highest BCUT2D eigenvalue weighted by atomic mass is 35.5. The zero-order chi connectivity index (χ0) is 20.4. The van der Waals surface area contributed by atoms with Gasteiger partial charge in [0.1, 0.15) is 0 Å². The van der Waals surface area contributed by atoms with Gasteiger partial charge in [0.05, 0.1) is 6.10 Å². The summed E-state index contributed by atoms with van der Waals surface area (Å²) in [4.78, 5) is 13.5. The van der Waals surface area contributed by atoms with Crippen molar-refractivity contribution in [2.45, 2.75) is 71.3 Å². The van der Waals surface area contributed by atoms with Crippen LogP contribution in [0.1, 0.15) is 70.8 Å². The predicted molar refractivity (Wildman–Crippen MR) is 118 cm³/mol. The maximum atomic E-state index is 13.5. The van der Waals surface area contributed by atoms with E-state index in [-0.39, 0.29) is 11.5 Å². The van der Waals surface area contributed by atoms with Crippen LogP contribution < -0.4 is 0 Å². The third-order valence-corrected chi connectivity index (χ3v) is 9.86. The molecular formula is C26H33ClO2. The zero-order valence-electron chi connectivity index (χ0n) is 17.7. The molecule has 29 heavy (non-hydrogen) atoms. The van der Waals surface area contributed by atoms with Crippen LogP contribution in [0.15, 0.2) is 29.8 Å². The van der Waals surface area contributed by atoms with E-state index < -0.39 is 0 Å². The van der Waals surface area contributed by atoms with Gasteiger partial charge in [-0.15, -0.1) is 0 Å². The minimum atomic E-state index is -0.203. The second-order valence-corrected chi connectivity index (χ2v) is 11.2. The van der Waals surface area contributed by atoms with Crippen molar-refractivity contribution in [3.05, 3.63) is 40.4 Å². The smallest absolute Gasteiger partial charge is 0.165 e. The average Bonchev–Trinajstić information content (AvgIpc) is 2.95. The number of hydrogen-bond donors (Lipinski definition) is 1. The maximum absolute atomic E-state index is 13.5. The van der Waals surface area contributed by atoms with Gasteiger partial charge in [-0.2, -0.15) is 0 Å². The summed E-state index contributed by atoms with van der Waals surface area (Å²) in [5.74, 6) is 2.84. The standard InChI is InChI=1S/C26H33ClO2/c1-25-11-9-19(28)15-18(25)7-8-20-21(25)10-12-26(2)22(20)14-17(24(26)29)13-16-5-3-4-6-23(16)27/h3-6,13,18-22,28H,7-12,14-15H2,1-2H3/b17-13+/t18-,19+,20+,21-,22-,25-,26-/m0/s1. The molecule has 156 valence electrons. The number of carbonyl (C=O) groups excluding carboxylic acids is 1. The highest BCUT2D eigenvalue weighted by molar-refractivity contribution is 6.32. The molecule has 0 heterocycles. The number of fused-ring (bicyclic) bond motifs is 5. The number of Topliss-reactive ketones (excluding diaryl/α,β-unsaturated/α-hetero) is 1. The SMILES string of the molecule is C[C@]12CC[C@@H](O)C[C@@H]1CC[C@@H]1[C@@H]2CC[C@]2(C)C(=O)/C(=C/c3ccccc3Cl)C[C@@H]12. The molecule has 7 atom stereocenters. The number of hydrogen-bond acceptors (Lipinski definition) is 2. The summed E-state index contributed by atoms with van der Waals surface area (Å²) in [6, 6.07) is 7.84. The van der Waals surface area contributed by atoms with Crippen molar-refractivity contribution in [3.63, 3.8) is 0 Å². The summed E-state index contributed by atoms with van der Waals surface area (Å²) in [6.45, 7) is 4.74. The maximum Gasteiger partial charge on any atom is 0.165 e. The average molecular weight is 413 g/mol. The number of rotatable bonds is 1. The van der Waals surface area contributed by atoms with Crippen molar-refractivity contribution in [1.82, 2.24) is 0 Å². The lowest BCUT2D eigenvalue weighted by atomic mass is 9.45. The number of halogens is 1. The number of aliphatic hydroxyl groups is 1. The first-order chi connectivity index (χ1) is 13.8. The van der Waals surface area contributed by atoms with E-state index in [4.69, 9.17) is 11.6 Å². The Morgan fingerprint density at radius 2 is 1.86 bits per heavy atom. The predicted octanol–water partition coefficient (Wildman–Crippen LogP) is 6.31. The highest BCUT2D eigenvalue weighted by Gasteiger charge is 2.61. The van der Waals surface area contributed by atoms with E-state index in [1.54, 1.807) is 0 Å². The second-order valence-electron chi connectivity index (χ2n) is 10.8. The molecule has 0 spiro atoms. The molecule has 5 rings (SSSR count). The number of ketones is 1. The topological polar surface area (TPSA) is 37.3 Å². The first-order valence-electron chi connectivity index (χ1n) is 11.5. The molecule has 3 heteroatoms. The first kappa shape index (κ1) is 19.8. The van der Waals surface area contributed by atoms with Gasteiger partial charge in [-0.1, -0.05) is 43.6 Å². The van der Waals surface area contributed by atoms with Crippen molar-refractivity contribution in [3.8, 4) is 0 Å². The fourth-order valence-corrected chi connectivity index (χ4v) is 8.01. The molecule has 0 bridgehead atoms. The molecule has 1 aromatic rings. The van der Waals surface area contributed by atoms with E-state index in [0.717, 1.165) is 48.3 Å². The van der Waals surface area contributed by atoms with Crippen LogP contribution in [-0.2, 0) is 4.79 Å². The van der Waals surface area contributed by atoms with Gasteiger partial charge in [-0.25, -0.2) is 0 Å². The van der Waals surface area contributed by atoms with Gasteiger partial charge in [-0.3, -0.25) is 4.79 Å². The van der Waals surface area contributed by atoms with Crippen molar-refractivity contribution in [2.24, 2.45) is 34.5 Å². The molecule has 2 nitrogen and oxygen atoms in total. The second kappa shape index (κ2) is 6.95. The lowest BCUT2D eigenvalue weighted by molar-refractivity contribution is -0.141. The third kappa shape index (κ3) is 2.97. The summed E-state index contributed by atoms with van der Waals surface area (Å²) in [6.07, 6.45) is 10.6. The molecular weight excluding hydrogens is 380 g/mol. The number of aliphatic hydroxyl groups excluding tert-OH is 1. The Labute approximate surface area is 179 Å². The van der Waals surface area contributed by atoms with Crippen LogP contribution in [0.4, 0.5) is 0 Å². The van der Waals surface area contributed by atoms with Crippen LogP contribution in [0.25, 0.3) is 6.08 Å². The summed E-state index contributed by atoms with van der Waals surface area (Å²) in [5, 5.41) is 10.9. The third-order valence-electron chi connectivity index (χ3n) is 9.51. The monoisotopic (exact) mass is 412 g/mol. The van der Waals surface area contributed by atoms with Gasteiger partial charge in [0.25, 0.3) is 0 Å². The van der Waals surface area contributed by atoms with E-state index >= 15 is 0 Å². The Hall–Kier alpha value is -1.12. The van der Waals surface area contributed by atoms with Crippen molar-refractivity contribution < 1.29 is 9.90 Å². The summed E-state index contributed by atoms with van der Waals surface area (Å²) in [7, 11) is 0. The lowest BCUT2D eigenvalue weighted by Crippen LogP contribution is -2.54. The van der Waals surface area contributed by atoms with Gasteiger partial charge in [0.2, 0.25) is 0 Å². The molecule has 4 aliphatic rings. The molecule has 4 fully saturated rings. The van der Waals surface area contributed by atoms with Crippen LogP contribution in [0.5, 0.6) is 0 Å². The van der Waals surface area contributed by atoms with E-state index in [2.05, 4.69) is 19.9 Å². The Morgan fingerprint density at radius 1 is 1.07 bits per heavy atom. The minimum Gasteiger partial charge on any atom is -0.393 e. The van der Waals surface area contributed by atoms with Gasteiger partial charge < -0.3 is 5.11 Å². The summed E-state index contributed by atoms with van der Waals surface area (Å²) < 4.78 is 0. The minimum absolute atomic E-state index is 0.100. The molecule has 0 unspecified atom stereocenters. The molecule has 0 aliphatic heterocycles. The summed E-state index contributed by atoms with van der Waals surface area (Å²) >= 11 is 6.38. The summed E-state index contributed by atoms with van der Waals surface area (Å²) in [5.41, 5.74) is 2.10. The highest BCUT2D eigenvalue weighted by Crippen LogP contribution is 2.66. The van der Waals surface area contributed by atoms with Gasteiger partial charge in [0.15, 0.2) is 5.78 Å². The fourth-order valence-electron chi connectivity index (χ4n) is 7.81. The molecule has 0 aromatic heterocycles. The van der Waals surface area contributed by atoms with Gasteiger partial charge >= 0.3 is 0 Å². The molecule has 1 aromatic carbocycles. The Balaban J connectivity index is 1.46. The van der Waals surface area contributed by atoms with Crippen molar-refractivity contribution in [1.29, 1.82) is 0 Å². The lowest BCUT2D eigenvalue weighted by Gasteiger charge is -2.59. The van der Waals surface area contributed by atoms with E-state index in [1.165, 1.54) is 19.3 Å². The van der Waals surface area contributed by atoms with Crippen LogP contribution >= 0.6 is 11.6 Å². The molecule has 4 saturated carbocycles. The quantitative estimate of drug-likeness (QED) is 0.549. The molecule has 0 amide bonds. The van der Waals surface area contributed by atoms with E-state index in [0.29, 0.717) is 34.9 Å². The molecule has 0 saturated heterocycles. The molecule has 4 aliphatic carbocycles. The Morgan fingerprint density at radius 3 is 2.66 bits per heavy atom. The zero-order valence-corrected chi connectivity index (χ0v) is 18.4. The molecule has 0 radical (unpaired) electrons. The van der Waals surface area contributed by atoms with E-state index in [1.807, 2.05) is 24.3 Å². The Bertz CT molecular complexity index is 860.